The Labute approximate surface area is 206 Å². The number of hydrogen-bond donors (Lipinski definition) is 3. The number of likely N-dealkylation sites (tertiary alicyclic amines) is 1. The van der Waals surface area contributed by atoms with Crippen LogP contribution in [0.1, 0.15) is 52.6 Å². The standard InChI is InChI=1S/C25H27N5O4S/c1-3-27-24(33)29-22-20(16-6-4-14(2)28-21(16)35-22)23(32)30-10-8-25(9-11-30)13-18(31)17-12-15(26)5-7-19(17)34-25/h4-7,12H,3,8-11,13,26H2,1-2H3,(H2,27,29,33). The van der Waals surface area contributed by atoms with Crippen molar-refractivity contribution in [1.29, 1.82) is 0 Å². The molecular weight excluding hydrogens is 466 g/mol. The van der Waals surface area contributed by atoms with Crippen LogP contribution in [0.5, 0.6) is 5.75 Å². The summed E-state index contributed by atoms with van der Waals surface area (Å²) in [5.74, 6) is 0.393. The molecule has 0 saturated carbocycles. The summed E-state index contributed by atoms with van der Waals surface area (Å²) in [6, 6.07) is 8.50. The van der Waals surface area contributed by atoms with E-state index in [1.807, 2.05) is 26.0 Å². The van der Waals surface area contributed by atoms with E-state index in [1.165, 1.54) is 11.3 Å². The van der Waals surface area contributed by atoms with Crippen LogP contribution in [0, 0.1) is 6.92 Å². The first-order chi connectivity index (χ1) is 16.8. The smallest absolute Gasteiger partial charge is 0.319 e. The van der Waals surface area contributed by atoms with Crippen molar-refractivity contribution in [3.8, 4) is 5.75 Å². The number of urea groups is 1. The van der Waals surface area contributed by atoms with Crippen molar-refractivity contribution in [2.75, 3.05) is 30.7 Å². The molecule has 182 valence electrons. The Morgan fingerprint density at radius 2 is 2.00 bits per heavy atom. The highest BCUT2D eigenvalue weighted by Gasteiger charge is 2.44. The number of pyridine rings is 1. The number of piperidine rings is 1. The van der Waals surface area contributed by atoms with Gasteiger partial charge in [-0.05, 0) is 44.2 Å². The molecular formula is C25H27N5O4S. The van der Waals surface area contributed by atoms with E-state index in [0.717, 1.165) is 5.69 Å². The second kappa shape index (κ2) is 8.84. The summed E-state index contributed by atoms with van der Waals surface area (Å²) in [5.41, 5.74) is 7.53. The molecule has 2 aliphatic rings. The predicted octanol–water partition coefficient (Wildman–Crippen LogP) is 3.97. The number of carbonyl (C=O) groups is 3. The number of rotatable bonds is 3. The number of thiophene rings is 1. The van der Waals surface area contributed by atoms with Gasteiger partial charge in [0.25, 0.3) is 5.91 Å². The van der Waals surface area contributed by atoms with Gasteiger partial charge >= 0.3 is 6.03 Å². The highest BCUT2D eigenvalue weighted by Crippen LogP contribution is 2.41. The summed E-state index contributed by atoms with van der Waals surface area (Å²) in [5, 5.41) is 6.72. The summed E-state index contributed by atoms with van der Waals surface area (Å²) in [6.07, 6.45) is 1.33. The molecule has 0 unspecified atom stereocenters. The maximum atomic E-state index is 13.7. The molecule has 0 atom stereocenters. The molecule has 1 aromatic carbocycles. The third-order valence-corrected chi connectivity index (χ3v) is 7.56. The second-order valence-corrected chi connectivity index (χ2v) is 10.0. The molecule has 10 heteroatoms. The average Bonchev–Trinajstić information content (AvgIpc) is 3.16. The average molecular weight is 494 g/mol. The van der Waals surface area contributed by atoms with E-state index >= 15 is 0 Å². The van der Waals surface area contributed by atoms with Crippen LogP contribution in [0.25, 0.3) is 10.2 Å². The third-order valence-electron chi connectivity index (χ3n) is 6.55. The Hall–Kier alpha value is -3.66. The maximum Gasteiger partial charge on any atom is 0.319 e. The van der Waals surface area contributed by atoms with Crippen LogP contribution in [0.15, 0.2) is 30.3 Å². The van der Waals surface area contributed by atoms with E-state index in [1.54, 1.807) is 23.1 Å². The fourth-order valence-electron chi connectivity index (χ4n) is 4.75. The Morgan fingerprint density at radius 1 is 1.23 bits per heavy atom. The first-order valence-corrected chi connectivity index (χ1v) is 12.5. The number of nitrogen functional groups attached to an aromatic ring is 1. The zero-order chi connectivity index (χ0) is 24.7. The lowest BCUT2D eigenvalue weighted by Gasteiger charge is -2.44. The SMILES string of the molecule is CCNC(=O)Nc1sc2nc(C)ccc2c1C(=O)N1CCC2(CC1)CC(=O)c1cc(N)ccc1O2. The van der Waals surface area contributed by atoms with Crippen molar-refractivity contribution < 1.29 is 19.1 Å². The topological polar surface area (TPSA) is 127 Å². The Balaban J connectivity index is 1.38. The number of hydrogen-bond acceptors (Lipinski definition) is 7. The van der Waals surface area contributed by atoms with Crippen molar-refractivity contribution in [1.82, 2.24) is 15.2 Å². The Morgan fingerprint density at radius 3 is 2.74 bits per heavy atom. The lowest BCUT2D eigenvalue weighted by Crippen LogP contribution is -2.52. The third kappa shape index (κ3) is 4.29. The van der Waals surface area contributed by atoms with Gasteiger partial charge in [0.2, 0.25) is 0 Å². The molecule has 4 heterocycles. The van der Waals surface area contributed by atoms with E-state index in [4.69, 9.17) is 10.5 Å². The van der Waals surface area contributed by atoms with Crippen LogP contribution in [0.2, 0.25) is 0 Å². The molecule has 9 nitrogen and oxygen atoms in total. The quantitative estimate of drug-likeness (QED) is 0.474. The van der Waals surface area contributed by atoms with Crippen LogP contribution in [0.3, 0.4) is 0 Å². The first-order valence-electron chi connectivity index (χ1n) is 11.6. The first kappa shape index (κ1) is 23.1. The van der Waals surface area contributed by atoms with E-state index in [2.05, 4.69) is 15.6 Å². The molecule has 35 heavy (non-hydrogen) atoms. The minimum Gasteiger partial charge on any atom is -0.486 e. The van der Waals surface area contributed by atoms with E-state index < -0.39 is 5.60 Å². The number of nitrogens with two attached hydrogens (primary N) is 1. The van der Waals surface area contributed by atoms with Crippen molar-refractivity contribution in [2.45, 2.75) is 38.7 Å². The monoisotopic (exact) mass is 493 g/mol. The largest absolute Gasteiger partial charge is 0.486 e. The number of fused-ring (bicyclic) bond motifs is 2. The Kier molecular flexibility index (Phi) is 5.84. The van der Waals surface area contributed by atoms with Gasteiger partial charge in [-0.15, -0.1) is 0 Å². The van der Waals surface area contributed by atoms with Crippen LogP contribution < -0.4 is 21.1 Å². The number of anilines is 2. The van der Waals surface area contributed by atoms with E-state index in [9.17, 15) is 14.4 Å². The van der Waals surface area contributed by atoms with Gasteiger partial charge in [-0.25, -0.2) is 9.78 Å². The molecule has 3 aromatic rings. The lowest BCUT2D eigenvalue weighted by atomic mass is 9.82. The van der Waals surface area contributed by atoms with Gasteiger partial charge in [-0.1, -0.05) is 11.3 Å². The molecule has 2 aromatic heterocycles. The van der Waals surface area contributed by atoms with Gasteiger partial charge in [0, 0.05) is 49.2 Å². The fraction of sp³-hybridized carbons (Fsp3) is 0.360. The molecule has 0 radical (unpaired) electrons. The summed E-state index contributed by atoms with van der Waals surface area (Å²) in [6.45, 7) is 5.07. The molecule has 2 aliphatic heterocycles. The minimum atomic E-state index is -0.631. The number of ketones is 1. The molecule has 0 aliphatic carbocycles. The second-order valence-electron chi connectivity index (χ2n) is 9.03. The van der Waals surface area contributed by atoms with Crippen LogP contribution >= 0.6 is 11.3 Å². The number of amides is 3. The summed E-state index contributed by atoms with van der Waals surface area (Å²) in [7, 11) is 0. The van der Waals surface area contributed by atoms with Gasteiger partial charge in [-0.3, -0.25) is 14.9 Å². The lowest BCUT2D eigenvalue weighted by molar-refractivity contribution is -0.00561. The number of nitrogens with zero attached hydrogens (tertiary/aromatic N) is 2. The van der Waals surface area contributed by atoms with E-state index in [-0.39, 0.29) is 24.1 Å². The number of carbonyl (C=O) groups excluding carboxylic acids is 3. The fourth-order valence-corrected chi connectivity index (χ4v) is 5.85. The van der Waals surface area contributed by atoms with Gasteiger partial charge < -0.3 is 20.7 Å². The summed E-state index contributed by atoms with van der Waals surface area (Å²) < 4.78 is 6.30. The van der Waals surface area contributed by atoms with Crippen molar-refractivity contribution >= 4 is 50.0 Å². The number of aryl methyl sites for hydroxylation is 1. The number of Topliss-reactive ketones (excluding diaryl/α,β-unsaturated/α-hetero) is 1. The zero-order valence-corrected chi connectivity index (χ0v) is 20.5. The number of ether oxygens (including phenoxy) is 1. The predicted molar refractivity (Wildman–Crippen MR) is 135 cm³/mol. The molecule has 1 saturated heterocycles. The van der Waals surface area contributed by atoms with Crippen molar-refractivity contribution in [3.05, 3.63) is 47.2 Å². The molecule has 5 rings (SSSR count). The number of nitrogens with one attached hydrogen (secondary N) is 2. The van der Waals surface area contributed by atoms with Crippen LogP contribution in [0.4, 0.5) is 15.5 Å². The van der Waals surface area contributed by atoms with Gasteiger partial charge in [0.05, 0.1) is 17.5 Å². The Bertz CT molecular complexity index is 1340. The molecule has 1 fully saturated rings. The highest BCUT2D eigenvalue weighted by molar-refractivity contribution is 7.23. The van der Waals surface area contributed by atoms with Gasteiger partial charge in [-0.2, -0.15) is 0 Å². The van der Waals surface area contributed by atoms with Crippen LogP contribution in [-0.2, 0) is 0 Å². The summed E-state index contributed by atoms with van der Waals surface area (Å²) >= 11 is 1.29. The summed E-state index contributed by atoms with van der Waals surface area (Å²) in [4.78, 5) is 45.8. The maximum absolute atomic E-state index is 13.7. The number of benzene rings is 1. The minimum absolute atomic E-state index is 0.0111. The zero-order valence-electron chi connectivity index (χ0n) is 19.6. The normalized spacial score (nSPS) is 16.6. The van der Waals surface area contributed by atoms with Crippen LogP contribution in [-0.4, -0.2) is 52.8 Å². The molecule has 3 amide bonds. The highest BCUT2D eigenvalue weighted by atomic mass is 32.1. The van der Waals surface area contributed by atoms with Gasteiger partial charge in [0.1, 0.15) is 21.2 Å². The van der Waals surface area contributed by atoms with Crippen molar-refractivity contribution in [2.24, 2.45) is 0 Å². The molecule has 1 spiro atoms. The van der Waals surface area contributed by atoms with E-state index in [0.29, 0.717) is 70.3 Å². The molecule has 4 N–H and O–H groups in total. The van der Waals surface area contributed by atoms with Crippen molar-refractivity contribution in [3.63, 3.8) is 0 Å². The molecule has 0 bridgehead atoms. The number of aromatic nitrogens is 1. The van der Waals surface area contributed by atoms with Gasteiger partial charge in [0.15, 0.2) is 5.78 Å².